The Morgan fingerprint density at radius 3 is 2.82 bits per heavy atom. The van der Waals surface area contributed by atoms with Gasteiger partial charge in [-0.05, 0) is 36.4 Å². The van der Waals surface area contributed by atoms with Crippen molar-refractivity contribution in [2.45, 2.75) is 0 Å². The summed E-state index contributed by atoms with van der Waals surface area (Å²) in [4.78, 5) is 0. The lowest BCUT2D eigenvalue weighted by Gasteiger charge is -2.03. The molecule has 17 heavy (non-hydrogen) atoms. The molecule has 3 nitrogen and oxygen atoms in total. The largest absolute Gasteiger partial charge is 0.399 e. The Bertz CT molecular complexity index is 688. The van der Waals surface area contributed by atoms with Gasteiger partial charge in [0.2, 0.25) is 0 Å². The molecule has 0 unspecified atom stereocenters. The topological polar surface area (TPSA) is 43.8 Å². The molecule has 0 fully saturated rings. The van der Waals surface area contributed by atoms with E-state index < -0.39 is 0 Å². The maximum atomic E-state index is 13.2. The molecule has 0 aliphatic heterocycles. The number of hydrogen-bond acceptors (Lipinski definition) is 2. The zero-order chi connectivity index (χ0) is 11.8. The fraction of sp³-hybridized carbons (Fsp3) is 0. The van der Waals surface area contributed by atoms with Gasteiger partial charge in [0.25, 0.3) is 0 Å². The van der Waals surface area contributed by atoms with Crippen molar-refractivity contribution in [3.05, 3.63) is 54.5 Å². The number of nitrogens with two attached hydrogens (primary N) is 1. The van der Waals surface area contributed by atoms with Gasteiger partial charge in [0.05, 0.1) is 17.4 Å². The number of benzene rings is 2. The van der Waals surface area contributed by atoms with Crippen LogP contribution in [-0.4, -0.2) is 9.78 Å². The first-order chi connectivity index (χ1) is 8.24. The van der Waals surface area contributed by atoms with Crippen molar-refractivity contribution in [1.82, 2.24) is 9.78 Å². The summed E-state index contributed by atoms with van der Waals surface area (Å²) in [5.74, 6) is -0.282. The average molecular weight is 227 g/mol. The molecule has 0 radical (unpaired) electrons. The Morgan fingerprint density at radius 2 is 2.00 bits per heavy atom. The fourth-order valence-electron chi connectivity index (χ4n) is 1.85. The quantitative estimate of drug-likeness (QED) is 0.649. The van der Waals surface area contributed by atoms with Gasteiger partial charge >= 0.3 is 0 Å². The van der Waals surface area contributed by atoms with Crippen molar-refractivity contribution in [2.75, 3.05) is 5.73 Å². The molecular formula is C13H10FN3. The number of fused-ring (bicyclic) bond motifs is 1. The van der Waals surface area contributed by atoms with Gasteiger partial charge in [-0.1, -0.05) is 6.07 Å². The van der Waals surface area contributed by atoms with E-state index in [1.807, 2.05) is 18.2 Å². The molecule has 0 saturated heterocycles. The van der Waals surface area contributed by atoms with Gasteiger partial charge in [0, 0.05) is 11.1 Å². The molecule has 2 N–H and O–H groups in total. The van der Waals surface area contributed by atoms with Gasteiger partial charge < -0.3 is 5.73 Å². The van der Waals surface area contributed by atoms with Crippen molar-refractivity contribution in [2.24, 2.45) is 0 Å². The van der Waals surface area contributed by atoms with E-state index in [0.717, 1.165) is 10.9 Å². The number of aromatic nitrogens is 2. The molecule has 1 aromatic heterocycles. The third kappa shape index (κ3) is 1.63. The summed E-state index contributed by atoms with van der Waals surface area (Å²) >= 11 is 0. The van der Waals surface area contributed by atoms with E-state index in [1.165, 1.54) is 12.1 Å². The monoisotopic (exact) mass is 227 g/mol. The molecule has 0 aliphatic carbocycles. The second-order valence-electron chi connectivity index (χ2n) is 3.85. The first-order valence-electron chi connectivity index (χ1n) is 5.23. The van der Waals surface area contributed by atoms with Crippen LogP contribution < -0.4 is 5.73 Å². The molecule has 0 saturated carbocycles. The van der Waals surface area contributed by atoms with Crippen LogP contribution in [0.25, 0.3) is 16.6 Å². The highest BCUT2D eigenvalue weighted by Gasteiger charge is 2.05. The van der Waals surface area contributed by atoms with Crippen LogP contribution in [0.3, 0.4) is 0 Å². The number of hydrogen-bond donors (Lipinski definition) is 1. The summed E-state index contributed by atoms with van der Waals surface area (Å²) in [5, 5.41) is 5.22. The van der Waals surface area contributed by atoms with Crippen molar-refractivity contribution in [3.63, 3.8) is 0 Å². The van der Waals surface area contributed by atoms with Crippen LogP contribution in [0, 0.1) is 5.82 Å². The second-order valence-corrected chi connectivity index (χ2v) is 3.85. The summed E-state index contributed by atoms with van der Waals surface area (Å²) in [5.41, 5.74) is 7.96. The molecule has 3 aromatic rings. The van der Waals surface area contributed by atoms with E-state index >= 15 is 0 Å². The highest BCUT2D eigenvalue weighted by Crippen LogP contribution is 2.20. The summed E-state index contributed by atoms with van der Waals surface area (Å²) in [6.07, 6.45) is 1.74. The molecule has 2 aromatic carbocycles. The minimum atomic E-state index is -0.282. The highest BCUT2D eigenvalue weighted by atomic mass is 19.1. The average Bonchev–Trinajstić information content (AvgIpc) is 2.71. The van der Waals surface area contributed by atoms with Gasteiger partial charge in [-0.15, -0.1) is 0 Å². The van der Waals surface area contributed by atoms with E-state index in [-0.39, 0.29) is 5.82 Å². The third-order valence-electron chi connectivity index (χ3n) is 2.65. The number of nitrogens with zero attached hydrogens (tertiary/aromatic N) is 2. The molecule has 3 rings (SSSR count). The van der Waals surface area contributed by atoms with Crippen LogP contribution in [0.1, 0.15) is 0 Å². The zero-order valence-corrected chi connectivity index (χ0v) is 8.97. The zero-order valence-electron chi connectivity index (χ0n) is 8.97. The van der Waals surface area contributed by atoms with Crippen LogP contribution in [0.15, 0.2) is 48.7 Å². The molecular weight excluding hydrogens is 217 g/mol. The second kappa shape index (κ2) is 3.59. The SMILES string of the molecule is Nc1ccc2cnn(-c3cccc(F)c3)c2c1. The number of nitrogen functional groups attached to an aromatic ring is 1. The summed E-state index contributed by atoms with van der Waals surface area (Å²) in [6, 6.07) is 11.9. The van der Waals surface area contributed by atoms with Crippen molar-refractivity contribution < 1.29 is 4.39 Å². The van der Waals surface area contributed by atoms with Gasteiger partial charge in [-0.25, -0.2) is 9.07 Å². The minimum Gasteiger partial charge on any atom is -0.399 e. The molecule has 1 heterocycles. The number of anilines is 1. The fourth-order valence-corrected chi connectivity index (χ4v) is 1.85. The number of halogens is 1. The van der Waals surface area contributed by atoms with Gasteiger partial charge in [0.15, 0.2) is 0 Å². The Hall–Kier alpha value is -2.36. The molecule has 0 bridgehead atoms. The van der Waals surface area contributed by atoms with E-state index in [9.17, 15) is 4.39 Å². The van der Waals surface area contributed by atoms with E-state index in [0.29, 0.717) is 11.4 Å². The predicted octanol–water partition coefficient (Wildman–Crippen LogP) is 2.75. The smallest absolute Gasteiger partial charge is 0.125 e. The Morgan fingerprint density at radius 1 is 1.12 bits per heavy atom. The predicted molar refractivity (Wildman–Crippen MR) is 65.4 cm³/mol. The molecule has 0 spiro atoms. The lowest BCUT2D eigenvalue weighted by Crippen LogP contribution is -1.96. The first-order valence-corrected chi connectivity index (χ1v) is 5.23. The molecule has 0 aliphatic rings. The van der Waals surface area contributed by atoms with Crippen LogP contribution in [0.2, 0.25) is 0 Å². The van der Waals surface area contributed by atoms with E-state index in [4.69, 9.17) is 5.73 Å². The lowest BCUT2D eigenvalue weighted by atomic mass is 10.2. The van der Waals surface area contributed by atoms with Crippen LogP contribution in [0.4, 0.5) is 10.1 Å². The minimum absolute atomic E-state index is 0.282. The van der Waals surface area contributed by atoms with Gasteiger partial charge in [-0.3, -0.25) is 0 Å². The maximum Gasteiger partial charge on any atom is 0.125 e. The van der Waals surface area contributed by atoms with Crippen molar-refractivity contribution >= 4 is 16.6 Å². The van der Waals surface area contributed by atoms with Gasteiger partial charge in [0.1, 0.15) is 5.82 Å². The summed E-state index contributed by atoms with van der Waals surface area (Å²) in [7, 11) is 0. The first kappa shape index (κ1) is 9.84. The maximum absolute atomic E-state index is 13.2. The third-order valence-corrected chi connectivity index (χ3v) is 2.65. The lowest BCUT2D eigenvalue weighted by molar-refractivity contribution is 0.626. The standard InChI is InChI=1S/C13H10FN3/c14-10-2-1-3-12(6-10)17-13-7-11(15)5-4-9(13)8-16-17/h1-8H,15H2. The van der Waals surface area contributed by atoms with Crippen LogP contribution in [-0.2, 0) is 0 Å². The van der Waals surface area contributed by atoms with Crippen LogP contribution >= 0.6 is 0 Å². The van der Waals surface area contributed by atoms with Crippen LogP contribution in [0.5, 0.6) is 0 Å². The highest BCUT2D eigenvalue weighted by molar-refractivity contribution is 5.83. The molecule has 0 amide bonds. The van der Waals surface area contributed by atoms with E-state index in [2.05, 4.69) is 5.10 Å². The summed E-state index contributed by atoms with van der Waals surface area (Å²) in [6.45, 7) is 0. The Labute approximate surface area is 97.3 Å². The summed E-state index contributed by atoms with van der Waals surface area (Å²) < 4.78 is 14.8. The number of rotatable bonds is 1. The molecule has 4 heteroatoms. The molecule has 84 valence electrons. The van der Waals surface area contributed by atoms with Gasteiger partial charge in [-0.2, -0.15) is 5.10 Å². The molecule has 0 atom stereocenters. The normalized spacial score (nSPS) is 10.9. The van der Waals surface area contributed by atoms with Crippen molar-refractivity contribution in [3.8, 4) is 5.69 Å². The Balaban J connectivity index is 2.27. The van der Waals surface area contributed by atoms with E-state index in [1.54, 1.807) is 23.0 Å². The van der Waals surface area contributed by atoms with Crippen molar-refractivity contribution in [1.29, 1.82) is 0 Å². The Kier molecular flexibility index (Phi) is 2.08.